The molecule has 160 valence electrons. The maximum absolute atomic E-state index is 12.7. The summed E-state index contributed by atoms with van der Waals surface area (Å²) in [5.74, 6) is -1.95. The number of benzene rings is 1. The topological polar surface area (TPSA) is 115 Å². The smallest absolute Gasteiger partial charge is 0.340 e. The molecule has 0 aliphatic carbocycles. The number of aromatic amines is 1. The van der Waals surface area contributed by atoms with Gasteiger partial charge in [0.15, 0.2) is 5.78 Å². The number of halogens is 1. The van der Waals surface area contributed by atoms with Crippen LogP contribution in [0.5, 0.6) is 0 Å². The second-order valence-corrected chi connectivity index (χ2v) is 7.49. The molecule has 2 rings (SSSR count). The molecular formula is C21H23BrN2O6. The van der Waals surface area contributed by atoms with Crippen molar-refractivity contribution in [2.75, 3.05) is 19.0 Å². The van der Waals surface area contributed by atoms with E-state index in [1.165, 1.54) is 14.0 Å². The molecule has 0 saturated carbocycles. The molecule has 0 unspecified atom stereocenters. The number of carbonyl (C=O) groups excluding carboxylic acids is 4. The molecule has 0 bridgehead atoms. The Bertz CT molecular complexity index is 996. The summed E-state index contributed by atoms with van der Waals surface area (Å²) in [4.78, 5) is 51.8. The van der Waals surface area contributed by atoms with Crippen LogP contribution in [0, 0.1) is 6.92 Å². The van der Waals surface area contributed by atoms with Crippen LogP contribution in [-0.4, -0.2) is 42.3 Å². The maximum Gasteiger partial charge on any atom is 0.340 e. The summed E-state index contributed by atoms with van der Waals surface area (Å²) in [6.07, 6.45) is 0.445. The fourth-order valence-corrected chi connectivity index (χ4v) is 3.30. The number of Topliss-reactive ketones (excluding diaryl/α,β-unsaturated/α-hetero) is 1. The van der Waals surface area contributed by atoms with E-state index in [1.807, 2.05) is 6.92 Å². The van der Waals surface area contributed by atoms with Crippen LogP contribution in [0.1, 0.15) is 62.7 Å². The van der Waals surface area contributed by atoms with Gasteiger partial charge in [-0.25, -0.2) is 9.59 Å². The van der Waals surface area contributed by atoms with Crippen LogP contribution in [0.25, 0.3) is 0 Å². The highest BCUT2D eigenvalue weighted by Gasteiger charge is 2.25. The van der Waals surface area contributed by atoms with Crippen molar-refractivity contribution < 1.29 is 28.7 Å². The lowest BCUT2D eigenvalue weighted by Gasteiger charge is -2.11. The zero-order chi connectivity index (χ0) is 22.4. The number of esters is 2. The number of anilines is 1. The molecule has 2 N–H and O–H groups in total. The normalized spacial score (nSPS) is 10.4. The van der Waals surface area contributed by atoms with Crippen molar-refractivity contribution in [3.63, 3.8) is 0 Å². The quantitative estimate of drug-likeness (QED) is 0.440. The third-order valence-electron chi connectivity index (χ3n) is 4.32. The molecule has 0 fully saturated rings. The van der Waals surface area contributed by atoms with Crippen LogP contribution in [0.15, 0.2) is 22.7 Å². The van der Waals surface area contributed by atoms with E-state index in [-0.39, 0.29) is 47.0 Å². The highest BCUT2D eigenvalue weighted by atomic mass is 79.9. The van der Waals surface area contributed by atoms with E-state index in [9.17, 15) is 19.2 Å². The fourth-order valence-electron chi connectivity index (χ4n) is 2.94. The zero-order valence-corrected chi connectivity index (χ0v) is 18.8. The molecule has 1 aromatic carbocycles. The number of methoxy groups -OCH3 is 1. The fraction of sp³-hybridized carbons (Fsp3) is 0.333. The van der Waals surface area contributed by atoms with Gasteiger partial charge in [-0.3, -0.25) is 9.59 Å². The summed E-state index contributed by atoms with van der Waals surface area (Å²) < 4.78 is 10.6. The first-order chi connectivity index (χ1) is 14.2. The minimum Gasteiger partial charge on any atom is -0.465 e. The maximum atomic E-state index is 12.7. The van der Waals surface area contributed by atoms with Crippen molar-refractivity contribution in [3.8, 4) is 0 Å². The Labute approximate surface area is 182 Å². The molecule has 0 spiro atoms. The summed E-state index contributed by atoms with van der Waals surface area (Å²) in [6, 6.07) is 4.81. The van der Waals surface area contributed by atoms with Gasteiger partial charge in [-0.2, -0.15) is 0 Å². The Balaban J connectivity index is 2.31. The number of aromatic nitrogens is 1. The van der Waals surface area contributed by atoms with Crippen LogP contribution < -0.4 is 5.32 Å². The Kier molecular flexibility index (Phi) is 7.93. The predicted octanol–water partition coefficient (Wildman–Crippen LogP) is 3.82. The first kappa shape index (κ1) is 23.3. The summed E-state index contributed by atoms with van der Waals surface area (Å²) in [7, 11) is 1.22. The minimum atomic E-state index is -0.647. The van der Waals surface area contributed by atoms with Crippen molar-refractivity contribution in [2.45, 2.75) is 33.6 Å². The lowest BCUT2D eigenvalue weighted by Crippen LogP contribution is -2.19. The van der Waals surface area contributed by atoms with Crippen LogP contribution in [0.2, 0.25) is 0 Å². The average molecular weight is 479 g/mol. The van der Waals surface area contributed by atoms with E-state index in [1.54, 1.807) is 25.1 Å². The third-order valence-corrected chi connectivity index (χ3v) is 4.81. The second-order valence-electron chi connectivity index (χ2n) is 6.58. The number of amides is 1. The van der Waals surface area contributed by atoms with Crippen molar-refractivity contribution in [1.29, 1.82) is 0 Å². The van der Waals surface area contributed by atoms with Crippen molar-refractivity contribution in [2.24, 2.45) is 0 Å². The minimum absolute atomic E-state index is 0.149. The highest BCUT2D eigenvalue weighted by molar-refractivity contribution is 9.10. The number of ketones is 1. The standard InChI is InChI=1S/C21H23BrN2O6/c1-5-8-30-20(27)14-9-13(22)6-7-15(14)23-17(26)10-16-18(21(28)29-4)11(2)19(24-16)12(3)25/h6-7,9,24H,5,8,10H2,1-4H3,(H,23,26). The van der Waals surface area contributed by atoms with E-state index >= 15 is 0 Å². The molecule has 1 amide bonds. The molecule has 2 aromatic rings. The summed E-state index contributed by atoms with van der Waals surface area (Å²) >= 11 is 3.30. The number of carbonyl (C=O) groups is 4. The van der Waals surface area contributed by atoms with Gasteiger partial charge >= 0.3 is 11.9 Å². The molecule has 30 heavy (non-hydrogen) atoms. The van der Waals surface area contributed by atoms with Gasteiger partial charge in [0.2, 0.25) is 5.91 Å². The van der Waals surface area contributed by atoms with Gasteiger partial charge in [-0.1, -0.05) is 22.9 Å². The van der Waals surface area contributed by atoms with E-state index in [0.29, 0.717) is 16.5 Å². The van der Waals surface area contributed by atoms with Crippen molar-refractivity contribution >= 4 is 45.2 Å². The number of hydrogen-bond acceptors (Lipinski definition) is 6. The molecule has 0 saturated heterocycles. The monoisotopic (exact) mass is 478 g/mol. The Morgan fingerprint density at radius 3 is 2.47 bits per heavy atom. The molecule has 9 heteroatoms. The first-order valence-electron chi connectivity index (χ1n) is 9.26. The van der Waals surface area contributed by atoms with Crippen LogP contribution in [0.3, 0.4) is 0 Å². The highest BCUT2D eigenvalue weighted by Crippen LogP contribution is 2.24. The van der Waals surface area contributed by atoms with Crippen LogP contribution >= 0.6 is 15.9 Å². The largest absolute Gasteiger partial charge is 0.465 e. The number of hydrogen-bond donors (Lipinski definition) is 2. The van der Waals surface area contributed by atoms with Gasteiger partial charge in [0.25, 0.3) is 0 Å². The molecule has 0 aliphatic heterocycles. The molecule has 0 aliphatic rings. The summed E-state index contributed by atoms with van der Waals surface area (Å²) in [5, 5.41) is 2.67. The lowest BCUT2D eigenvalue weighted by molar-refractivity contribution is -0.115. The molecule has 1 heterocycles. The Morgan fingerprint density at radius 1 is 1.17 bits per heavy atom. The van der Waals surface area contributed by atoms with Crippen molar-refractivity contribution in [1.82, 2.24) is 4.98 Å². The van der Waals surface area contributed by atoms with Gasteiger partial charge in [0, 0.05) is 17.1 Å². The second kappa shape index (κ2) is 10.2. The summed E-state index contributed by atoms with van der Waals surface area (Å²) in [6.45, 7) is 5.11. The SMILES string of the molecule is CCCOC(=O)c1cc(Br)ccc1NC(=O)Cc1[nH]c(C(C)=O)c(C)c1C(=O)OC. The van der Waals surface area contributed by atoms with Gasteiger partial charge in [-0.15, -0.1) is 0 Å². The van der Waals surface area contributed by atoms with E-state index in [0.717, 1.165) is 0 Å². The van der Waals surface area contributed by atoms with Crippen molar-refractivity contribution in [3.05, 3.63) is 50.8 Å². The van der Waals surface area contributed by atoms with E-state index in [4.69, 9.17) is 9.47 Å². The van der Waals surface area contributed by atoms with Crippen LogP contribution in [-0.2, 0) is 20.7 Å². The molecule has 8 nitrogen and oxygen atoms in total. The molecule has 0 atom stereocenters. The van der Waals surface area contributed by atoms with Crippen LogP contribution in [0.4, 0.5) is 5.69 Å². The van der Waals surface area contributed by atoms with Gasteiger partial charge < -0.3 is 19.8 Å². The molecular weight excluding hydrogens is 456 g/mol. The van der Waals surface area contributed by atoms with Gasteiger partial charge in [0.1, 0.15) is 0 Å². The Morgan fingerprint density at radius 2 is 1.87 bits per heavy atom. The van der Waals surface area contributed by atoms with Gasteiger partial charge in [-0.05, 0) is 37.1 Å². The number of H-pyrrole nitrogens is 1. The van der Waals surface area contributed by atoms with Gasteiger partial charge in [0.05, 0.1) is 42.6 Å². The number of rotatable bonds is 8. The third kappa shape index (κ3) is 5.35. The first-order valence-corrected chi connectivity index (χ1v) is 10.1. The lowest BCUT2D eigenvalue weighted by atomic mass is 10.1. The zero-order valence-electron chi connectivity index (χ0n) is 17.2. The summed E-state index contributed by atoms with van der Waals surface area (Å²) in [5.41, 5.74) is 1.55. The number of ether oxygens (including phenoxy) is 2. The number of nitrogens with one attached hydrogen (secondary N) is 2. The van der Waals surface area contributed by atoms with E-state index < -0.39 is 17.8 Å². The molecule has 0 radical (unpaired) electrons. The Hall–Kier alpha value is -2.94. The average Bonchev–Trinajstić information content (AvgIpc) is 3.02. The van der Waals surface area contributed by atoms with E-state index in [2.05, 4.69) is 26.2 Å². The molecule has 1 aromatic heterocycles. The predicted molar refractivity (Wildman–Crippen MR) is 114 cm³/mol.